The standard InChI is InChI=1S/C4H6O4.C2H4O3.2H3N/c5-3(6)1-2-4(7)8;3-1-2(4)5;;/h1-2H2,(H,5,6)(H,7,8);3H,1H2,(H,4,5);2*1H3. The van der Waals surface area contributed by atoms with Crippen LogP contribution in [0.25, 0.3) is 0 Å². The summed E-state index contributed by atoms with van der Waals surface area (Å²) in [6.07, 6.45) is -0.593. The van der Waals surface area contributed by atoms with E-state index in [0.29, 0.717) is 0 Å². The molecule has 0 aliphatic heterocycles. The van der Waals surface area contributed by atoms with Gasteiger partial charge in [0.05, 0.1) is 12.8 Å². The summed E-state index contributed by atoms with van der Waals surface area (Å²) in [7, 11) is 0. The highest BCUT2D eigenvalue weighted by atomic mass is 16.4. The molecule has 92 valence electrons. The van der Waals surface area contributed by atoms with E-state index in [1.807, 2.05) is 0 Å². The summed E-state index contributed by atoms with van der Waals surface area (Å²) in [4.78, 5) is 28.4. The van der Waals surface area contributed by atoms with Crippen LogP contribution in [0.1, 0.15) is 12.8 Å². The first-order valence-corrected chi connectivity index (χ1v) is 3.16. The van der Waals surface area contributed by atoms with Crippen molar-refractivity contribution in [2.24, 2.45) is 0 Å². The van der Waals surface area contributed by atoms with Crippen molar-refractivity contribution in [3.63, 3.8) is 0 Å². The number of hydrogen-bond acceptors (Lipinski definition) is 6. The first-order chi connectivity index (χ1) is 5.90. The molecule has 0 heterocycles. The highest BCUT2D eigenvalue weighted by molar-refractivity contribution is 5.75. The molecule has 10 N–H and O–H groups in total. The highest BCUT2D eigenvalue weighted by Gasteiger charge is 2.00. The van der Waals surface area contributed by atoms with E-state index in [2.05, 4.69) is 0 Å². The lowest BCUT2D eigenvalue weighted by Crippen LogP contribution is -2.00. The molecule has 0 aliphatic rings. The van der Waals surface area contributed by atoms with Crippen LogP contribution in [-0.2, 0) is 14.4 Å². The van der Waals surface area contributed by atoms with Crippen molar-refractivity contribution in [2.75, 3.05) is 6.61 Å². The predicted molar refractivity (Wildman–Crippen MR) is 49.3 cm³/mol. The number of rotatable bonds is 4. The summed E-state index contributed by atoms with van der Waals surface area (Å²) in [5, 5.41) is 30.8. The van der Waals surface area contributed by atoms with Gasteiger partial charge in [0.2, 0.25) is 0 Å². The van der Waals surface area contributed by atoms with Crippen LogP contribution in [0.2, 0.25) is 0 Å². The molecule has 9 nitrogen and oxygen atoms in total. The van der Waals surface area contributed by atoms with Crippen molar-refractivity contribution >= 4 is 17.9 Å². The van der Waals surface area contributed by atoms with Crippen LogP contribution in [-0.4, -0.2) is 44.9 Å². The Kier molecular flexibility index (Phi) is 22.9. The van der Waals surface area contributed by atoms with Gasteiger partial charge < -0.3 is 32.7 Å². The minimum Gasteiger partial charge on any atom is -0.481 e. The molecular formula is C6H16N2O7. The summed E-state index contributed by atoms with van der Waals surface area (Å²) in [5.41, 5.74) is 0. The zero-order valence-corrected chi connectivity index (χ0v) is 8.05. The van der Waals surface area contributed by atoms with Gasteiger partial charge in [-0.25, -0.2) is 4.79 Å². The Morgan fingerprint density at radius 2 is 0.933 bits per heavy atom. The van der Waals surface area contributed by atoms with Crippen LogP contribution < -0.4 is 12.3 Å². The maximum Gasteiger partial charge on any atom is 0.329 e. The lowest BCUT2D eigenvalue weighted by molar-refractivity contribution is -0.143. The normalized spacial score (nSPS) is 7.00. The molecule has 0 aromatic rings. The number of carboxylic acid groups (broad SMARTS) is 3. The second-order valence-electron chi connectivity index (χ2n) is 1.84. The van der Waals surface area contributed by atoms with E-state index in [4.69, 9.17) is 25.2 Å². The quantitative estimate of drug-likeness (QED) is 0.360. The molecule has 0 amide bonds. The number of carboxylic acids is 3. The Balaban J connectivity index is -0.0000000770. The van der Waals surface area contributed by atoms with E-state index in [9.17, 15) is 9.59 Å². The summed E-state index contributed by atoms with van der Waals surface area (Å²) >= 11 is 0. The first kappa shape index (κ1) is 23.3. The average molecular weight is 228 g/mol. The Morgan fingerprint density at radius 1 is 0.733 bits per heavy atom. The van der Waals surface area contributed by atoms with Crippen molar-refractivity contribution in [3.8, 4) is 0 Å². The second-order valence-corrected chi connectivity index (χ2v) is 1.84. The molecular weight excluding hydrogens is 212 g/mol. The molecule has 0 fully saturated rings. The summed E-state index contributed by atoms with van der Waals surface area (Å²) < 4.78 is 0. The molecule has 0 aromatic carbocycles. The zero-order valence-electron chi connectivity index (χ0n) is 8.05. The number of hydrogen-bond donors (Lipinski definition) is 6. The Morgan fingerprint density at radius 3 is 1.00 bits per heavy atom. The van der Waals surface area contributed by atoms with Crippen molar-refractivity contribution in [1.82, 2.24) is 12.3 Å². The second kappa shape index (κ2) is 14.8. The monoisotopic (exact) mass is 228 g/mol. The van der Waals surface area contributed by atoms with Gasteiger partial charge in [-0.15, -0.1) is 0 Å². The number of aliphatic hydroxyl groups excluding tert-OH is 1. The van der Waals surface area contributed by atoms with Gasteiger partial charge in [0, 0.05) is 0 Å². The molecule has 0 radical (unpaired) electrons. The van der Waals surface area contributed by atoms with Gasteiger partial charge in [-0.1, -0.05) is 0 Å². The van der Waals surface area contributed by atoms with Crippen LogP contribution in [0.5, 0.6) is 0 Å². The van der Waals surface area contributed by atoms with Crippen LogP contribution in [0, 0.1) is 0 Å². The van der Waals surface area contributed by atoms with Crippen LogP contribution in [0.4, 0.5) is 0 Å². The fraction of sp³-hybridized carbons (Fsp3) is 0.500. The minimum atomic E-state index is -1.19. The maximum atomic E-state index is 9.64. The summed E-state index contributed by atoms with van der Waals surface area (Å²) in [6, 6.07) is 0. The van der Waals surface area contributed by atoms with Gasteiger partial charge in [-0.3, -0.25) is 9.59 Å². The smallest absolute Gasteiger partial charge is 0.329 e. The van der Waals surface area contributed by atoms with Crippen molar-refractivity contribution < 1.29 is 34.8 Å². The molecule has 0 rings (SSSR count). The van der Waals surface area contributed by atoms with E-state index >= 15 is 0 Å². The number of carbonyl (C=O) groups is 3. The average Bonchev–Trinajstić information content (AvgIpc) is 2.02. The van der Waals surface area contributed by atoms with E-state index < -0.39 is 24.5 Å². The molecule has 0 saturated carbocycles. The van der Waals surface area contributed by atoms with Crippen molar-refractivity contribution in [3.05, 3.63) is 0 Å². The topological polar surface area (TPSA) is 202 Å². The SMILES string of the molecule is N.N.O=C(O)CCC(=O)O.O=C(O)CO. The van der Waals surface area contributed by atoms with E-state index in [1.54, 1.807) is 0 Å². The van der Waals surface area contributed by atoms with Gasteiger partial charge in [-0.05, 0) is 0 Å². The summed E-state index contributed by atoms with van der Waals surface area (Å²) in [5.74, 6) is -3.34. The number of aliphatic carboxylic acids is 3. The lowest BCUT2D eigenvalue weighted by Gasteiger charge is -1.85. The third kappa shape index (κ3) is 46.5. The fourth-order valence-corrected chi connectivity index (χ4v) is 0.214. The van der Waals surface area contributed by atoms with Gasteiger partial charge in [-0.2, -0.15) is 0 Å². The molecule has 0 bridgehead atoms. The van der Waals surface area contributed by atoms with Gasteiger partial charge in [0.1, 0.15) is 6.61 Å². The minimum absolute atomic E-state index is 0. The summed E-state index contributed by atoms with van der Waals surface area (Å²) in [6.45, 7) is -0.778. The Hall–Kier alpha value is -1.71. The van der Waals surface area contributed by atoms with Crippen molar-refractivity contribution in [1.29, 1.82) is 0 Å². The van der Waals surface area contributed by atoms with Gasteiger partial charge >= 0.3 is 17.9 Å². The third-order valence-corrected chi connectivity index (χ3v) is 0.688. The highest BCUT2D eigenvalue weighted by Crippen LogP contribution is 1.86. The molecule has 0 spiro atoms. The molecule has 0 atom stereocenters. The third-order valence-electron chi connectivity index (χ3n) is 0.688. The maximum absolute atomic E-state index is 9.64. The van der Waals surface area contributed by atoms with Crippen LogP contribution in [0.15, 0.2) is 0 Å². The van der Waals surface area contributed by atoms with Crippen LogP contribution in [0.3, 0.4) is 0 Å². The van der Waals surface area contributed by atoms with E-state index in [1.165, 1.54) is 0 Å². The molecule has 0 saturated heterocycles. The first-order valence-electron chi connectivity index (χ1n) is 3.16. The number of aliphatic hydroxyl groups is 1. The van der Waals surface area contributed by atoms with E-state index in [0.717, 1.165) is 0 Å². The van der Waals surface area contributed by atoms with E-state index in [-0.39, 0.29) is 25.1 Å². The van der Waals surface area contributed by atoms with Crippen LogP contribution >= 0.6 is 0 Å². The lowest BCUT2D eigenvalue weighted by atomic mass is 10.3. The molecule has 0 aromatic heterocycles. The Labute approximate surface area is 85.5 Å². The predicted octanol–water partition coefficient (Wildman–Crippen LogP) is -0.677. The molecule has 9 heteroatoms. The zero-order chi connectivity index (χ0) is 10.9. The van der Waals surface area contributed by atoms with Crippen molar-refractivity contribution in [2.45, 2.75) is 12.8 Å². The van der Waals surface area contributed by atoms with Gasteiger partial charge in [0.15, 0.2) is 0 Å². The molecule has 0 aliphatic carbocycles. The Bertz CT molecular complexity index is 180. The fourth-order valence-electron chi connectivity index (χ4n) is 0.214. The molecule has 0 unspecified atom stereocenters. The largest absolute Gasteiger partial charge is 0.481 e. The van der Waals surface area contributed by atoms with Gasteiger partial charge in [0.25, 0.3) is 0 Å². The molecule has 15 heavy (non-hydrogen) atoms.